The summed E-state index contributed by atoms with van der Waals surface area (Å²) >= 11 is 11.2. The molecular formula is C12H18Cl2N8O3. The lowest BCUT2D eigenvalue weighted by molar-refractivity contribution is 0.174. The van der Waals surface area contributed by atoms with Crippen molar-refractivity contribution in [1.29, 1.82) is 0 Å². The molecular weight excluding hydrogens is 375 g/mol. The van der Waals surface area contributed by atoms with Crippen LogP contribution in [-0.2, 0) is 0 Å². The lowest BCUT2D eigenvalue weighted by Gasteiger charge is -2.03. The highest BCUT2D eigenvalue weighted by Crippen LogP contribution is 2.11. The van der Waals surface area contributed by atoms with Crippen LogP contribution in [0.4, 0.5) is 17.7 Å². The minimum Gasteiger partial charge on any atom is -0.423 e. The smallest absolute Gasteiger partial charge is 0.237 e. The Kier molecular flexibility index (Phi) is 8.70. The molecule has 2 aromatic rings. The molecule has 0 amide bonds. The fraction of sp³-hybridized carbons (Fsp3) is 0.333. The number of hydrogen-bond acceptors (Lipinski definition) is 10. The molecule has 0 aliphatic rings. The van der Waals surface area contributed by atoms with Crippen molar-refractivity contribution in [2.24, 2.45) is 4.99 Å². The van der Waals surface area contributed by atoms with Gasteiger partial charge in [-0.05, 0) is 0 Å². The van der Waals surface area contributed by atoms with Crippen LogP contribution < -0.4 is 22.3 Å². The van der Waals surface area contributed by atoms with Crippen LogP contribution in [0.1, 0.15) is 0 Å². The van der Waals surface area contributed by atoms with Crippen molar-refractivity contribution < 1.29 is 15.4 Å². The third-order valence-corrected chi connectivity index (χ3v) is 2.79. The second kappa shape index (κ2) is 10.5. The Bertz CT molecular complexity index is 735. The highest BCUT2D eigenvalue weighted by molar-refractivity contribution is 6.29. The molecule has 0 aliphatic heterocycles. The molecule has 11 nitrogen and oxygen atoms in total. The predicted molar refractivity (Wildman–Crippen MR) is 93.4 cm³/mol. The van der Waals surface area contributed by atoms with Crippen molar-refractivity contribution in [2.45, 2.75) is 0 Å². The van der Waals surface area contributed by atoms with Gasteiger partial charge in [0.2, 0.25) is 11.9 Å². The highest BCUT2D eigenvalue weighted by atomic mass is 35.5. The molecule has 0 fully saturated rings. The van der Waals surface area contributed by atoms with Crippen molar-refractivity contribution in [3.05, 3.63) is 27.9 Å². The number of nitrogens with zero attached hydrogens (tertiary/aromatic N) is 5. The number of rotatable bonds is 5. The highest BCUT2D eigenvalue weighted by Gasteiger charge is 2.00. The van der Waals surface area contributed by atoms with Gasteiger partial charge in [-0.15, -0.1) is 4.73 Å². The molecule has 0 aromatic carbocycles. The Morgan fingerprint density at radius 2 is 1.76 bits per heavy atom. The van der Waals surface area contributed by atoms with E-state index in [-0.39, 0.29) is 47.4 Å². The molecule has 0 saturated heterocycles. The number of halogens is 2. The van der Waals surface area contributed by atoms with E-state index < -0.39 is 0 Å². The number of anilines is 3. The lowest BCUT2D eigenvalue weighted by atomic mass is 10.5. The molecule has 25 heavy (non-hydrogen) atoms. The van der Waals surface area contributed by atoms with E-state index in [1.165, 1.54) is 12.1 Å². The molecule has 0 atom stereocenters. The molecule has 0 aliphatic carbocycles. The summed E-state index contributed by atoms with van der Waals surface area (Å²) in [5.74, 6) is 0.480. The van der Waals surface area contributed by atoms with E-state index in [9.17, 15) is 5.21 Å². The first kappa shape index (κ1) is 20.7. The minimum atomic E-state index is -0.149. The third kappa shape index (κ3) is 7.39. The molecule has 2 heterocycles. The maximum atomic E-state index is 9.24. The van der Waals surface area contributed by atoms with Gasteiger partial charge in [-0.3, -0.25) is 4.99 Å². The lowest BCUT2D eigenvalue weighted by Crippen LogP contribution is -2.23. The van der Waals surface area contributed by atoms with Gasteiger partial charge in [-0.25, -0.2) is 9.97 Å². The molecule has 2 rings (SSSR count). The van der Waals surface area contributed by atoms with Crippen LogP contribution in [-0.4, -0.2) is 61.4 Å². The second-order valence-electron chi connectivity index (χ2n) is 4.30. The summed E-state index contributed by atoms with van der Waals surface area (Å²) < 4.78 is 0.599. The Hall–Kier alpha value is -2.34. The molecule has 138 valence electrons. The largest absolute Gasteiger partial charge is 0.423 e. The molecule has 0 spiro atoms. The normalized spacial score (nSPS) is 11.0. The number of nitrogen functional groups attached to an aromatic ring is 2. The van der Waals surface area contributed by atoms with E-state index in [0.29, 0.717) is 17.1 Å². The molecule has 2 aromatic heterocycles. The van der Waals surface area contributed by atoms with Gasteiger partial charge >= 0.3 is 0 Å². The van der Waals surface area contributed by atoms with E-state index >= 15 is 0 Å². The van der Waals surface area contributed by atoms with E-state index in [4.69, 9.17) is 44.9 Å². The maximum Gasteiger partial charge on any atom is 0.237 e. The Balaban J connectivity index is 0.000000251. The van der Waals surface area contributed by atoms with Crippen molar-refractivity contribution in [2.75, 3.05) is 43.1 Å². The number of aliphatic hydroxyl groups excluding tert-OH is 2. The second-order valence-corrected chi connectivity index (χ2v) is 5.07. The van der Waals surface area contributed by atoms with E-state index in [2.05, 4.69) is 25.3 Å². The zero-order valence-corrected chi connectivity index (χ0v) is 14.5. The van der Waals surface area contributed by atoms with Crippen LogP contribution in [0.5, 0.6) is 0 Å². The first-order valence-electron chi connectivity index (χ1n) is 6.87. The Morgan fingerprint density at radius 3 is 2.36 bits per heavy atom. The van der Waals surface area contributed by atoms with Crippen LogP contribution in [0.25, 0.3) is 0 Å². The first-order chi connectivity index (χ1) is 11.9. The number of nitrogens with two attached hydrogens (primary N) is 2. The van der Waals surface area contributed by atoms with Gasteiger partial charge in [-0.1, -0.05) is 23.2 Å². The van der Waals surface area contributed by atoms with Crippen LogP contribution in [0.2, 0.25) is 10.3 Å². The van der Waals surface area contributed by atoms with Gasteiger partial charge < -0.3 is 32.2 Å². The quantitative estimate of drug-likeness (QED) is 0.284. The van der Waals surface area contributed by atoms with E-state index in [1.54, 1.807) is 0 Å². The molecule has 0 saturated carbocycles. The monoisotopic (exact) mass is 392 g/mol. The zero-order chi connectivity index (χ0) is 18.8. The molecule has 0 bridgehead atoms. The predicted octanol–water partition coefficient (Wildman–Crippen LogP) is -0.635. The fourth-order valence-electron chi connectivity index (χ4n) is 1.46. The van der Waals surface area contributed by atoms with Gasteiger partial charge in [0.1, 0.15) is 16.1 Å². The number of hydrogen-bond donors (Lipinski definition) is 6. The van der Waals surface area contributed by atoms with Crippen molar-refractivity contribution in [1.82, 2.24) is 19.7 Å². The average molecular weight is 393 g/mol. The summed E-state index contributed by atoms with van der Waals surface area (Å²) in [6.07, 6.45) is 0. The van der Waals surface area contributed by atoms with Crippen molar-refractivity contribution in [3.8, 4) is 0 Å². The molecule has 13 heteroatoms. The summed E-state index contributed by atoms with van der Waals surface area (Å²) in [5, 5.41) is 29.5. The van der Waals surface area contributed by atoms with Crippen LogP contribution in [0.15, 0.2) is 17.1 Å². The number of aromatic nitrogens is 4. The topological polar surface area (TPSA) is 181 Å². The van der Waals surface area contributed by atoms with Gasteiger partial charge in [0.15, 0.2) is 5.49 Å². The summed E-state index contributed by atoms with van der Waals surface area (Å²) in [6.45, 7) is 0.495. The minimum absolute atomic E-state index is 0.0293. The standard InChI is InChI=1S/C6H9ClN4O2.C6H9ClN4O/c7-4-3-5(9-1-2-12)11(13)6(8)10-4;7-4-3-5(9-1-2-12)11-6(8)10-4/h3,12-13H,1-2H2,(H2,8,10);3,12H,1-2H2,(H3,8,9,10,11). The third-order valence-electron chi connectivity index (χ3n) is 2.41. The first-order valence-corrected chi connectivity index (χ1v) is 7.63. The van der Waals surface area contributed by atoms with Gasteiger partial charge in [0, 0.05) is 18.7 Å². The van der Waals surface area contributed by atoms with Crippen LogP contribution in [0.3, 0.4) is 0 Å². The van der Waals surface area contributed by atoms with E-state index in [1.807, 2.05) is 0 Å². The Morgan fingerprint density at radius 1 is 1.08 bits per heavy atom. The fourth-order valence-corrected chi connectivity index (χ4v) is 1.84. The summed E-state index contributed by atoms with van der Waals surface area (Å²) in [6, 6.07) is 2.88. The van der Waals surface area contributed by atoms with Gasteiger partial charge in [-0.2, -0.15) is 4.98 Å². The van der Waals surface area contributed by atoms with Crippen molar-refractivity contribution >= 4 is 40.9 Å². The zero-order valence-electron chi connectivity index (χ0n) is 13.0. The summed E-state index contributed by atoms with van der Waals surface area (Å²) in [5.41, 5.74) is 10.8. The summed E-state index contributed by atoms with van der Waals surface area (Å²) in [7, 11) is 0. The molecule has 0 radical (unpaired) electrons. The van der Waals surface area contributed by atoms with E-state index in [0.717, 1.165) is 0 Å². The number of aliphatic hydroxyl groups is 2. The average Bonchev–Trinajstić information content (AvgIpc) is 2.54. The molecule has 8 N–H and O–H groups in total. The van der Waals surface area contributed by atoms with Crippen LogP contribution in [0, 0.1) is 0 Å². The van der Waals surface area contributed by atoms with Gasteiger partial charge in [0.25, 0.3) is 0 Å². The Labute approximate surface area is 152 Å². The molecule has 0 unspecified atom stereocenters. The van der Waals surface area contributed by atoms with Gasteiger partial charge in [0.05, 0.1) is 19.8 Å². The van der Waals surface area contributed by atoms with Crippen LogP contribution >= 0.6 is 23.2 Å². The SMILES string of the molecule is Nc1nc(Cl)cc(=NCCO)n1O.Nc1nc(Cl)cc(NCCO)n1. The number of nitrogens with one attached hydrogen (secondary N) is 1. The van der Waals surface area contributed by atoms with Crippen molar-refractivity contribution in [3.63, 3.8) is 0 Å². The summed E-state index contributed by atoms with van der Waals surface area (Å²) in [4.78, 5) is 14.9. The maximum absolute atomic E-state index is 9.24.